The fourth-order valence-electron chi connectivity index (χ4n) is 0. The molecular weight excluding hydrogens is 278 g/mol. The zero-order valence-electron chi connectivity index (χ0n) is 2.30. The van der Waals surface area contributed by atoms with Crippen LogP contribution in [0.25, 0.3) is 0 Å². The van der Waals surface area contributed by atoms with Crippen molar-refractivity contribution >= 4 is 57.5 Å². The van der Waals surface area contributed by atoms with Gasteiger partial charge in [0.2, 0.25) is 0 Å². The van der Waals surface area contributed by atoms with Crippen LogP contribution < -0.4 is 0 Å². The van der Waals surface area contributed by atoms with Gasteiger partial charge in [0.1, 0.15) is 0 Å². The number of carboxylic acid groups (broad SMARTS) is 2. The molecule has 30 valence electrons. The first-order chi connectivity index (χ1) is 1.73. The Balaban J connectivity index is -0.0000000450. The van der Waals surface area contributed by atoms with E-state index < -0.39 is 6.16 Å². The van der Waals surface area contributed by atoms with Crippen LogP contribution in [0.3, 0.4) is 0 Å². The maximum atomic E-state index is 8.56. The van der Waals surface area contributed by atoms with Crippen molar-refractivity contribution in [3.8, 4) is 0 Å². The summed E-state index contributed by atoms with van der Waals surface area (Å²) in [7, 11) is 0. The molecule has 0 saturated carbocycles. The number of hydrogen-bond donors (Lipinski definition) is 2. The van der Waals surface area contributed by atoms with Gasteiger partial charge in [0, 0.05) is 25.8 Å². The van der Waals surface area contributed by atoms with Crippen LogP contribution in [0.1, 0.15) is 0 Å². The predicted molar refractivity (Wildman–Crippen MR) is 17.8 cm³/mol. The summed E-state index contributed by atoms with van der Waals surface area (Å²) < 4.78 is 0. The number of carbonyl (C=O) groups is 1. The van der Waals surface area contributed by atoms with Gasteiger partial charge in [-0.05, 0) is 0 Å². The van der Waals surface area contributed by atoms with Gasteiger partial charge in [-0.1, -0.05) is 0 Å². The monoisotopic (exact) mass is 282 g/mol. The van der Waals surface area contributed by atoms with Crippen LogP contribution >= 0.6 is 0 Å². The second-order valence-electron chi connectivity index (χ2n) is 0.283. The van der Waals surface area contributed by atoms with E-state index in [2.05, 4.69) is 0 Å². The molecule has 0 aromatic heterocycles. The van der Waals surface area contributed by atoms with Gasteiger partial charge in [0.05, 0.1) is 0 Å². The molecule has 0 fully saturated rings. The molecule has 0 radical (unpaired) electrons. The molecule has 0 aromatic rings. The predicted octanol–water partition coefficient (Wildman–Crippen LogP) is -0.429. The first kappa shape index (κ1) is 15.7. The van der Waals surface area contributed by atoms with E-state index in [0.29, 0.717) is 0 Å². The Kier molecular flexibility index (Phi) is 25.9. The summed E-state index contributed by atoms with van der Waals surface area (Å²) in [5.74, 6) is 0. The minimum atomic E-state index is -1.83. The van der Waals surface area contributed by atoms with Gasteiger partial charge >= 0.3 is 57.5 Å². The van der Waals surface area contributed by atoms with Crippen molar-refractivity contribution < 1.29 is 40.9 Å². The zero-order valence-corrected chi connectivity index (χ0v) is 5.90. The first-order valence-corrected chi connectivity index (χ1v) is 0.651. The Morgan fingerprint density at radius 3 is 1.33 bits per heavy atom. The Hall–Kier alpha value is 1.78. The quantitative estimate of drug-likeness (QED) is 0.592. The Morgan fingerprint density at radius 1 is 1.33 bits per heavy atom. The molecule has 0 heterocycles. The van der Waals surface area contributed by atoms with E-state index in [1.165, 1.54) is 0 Å². The number of rotatable bonds is 0. The van der Waals surface area contributed by atoms with Crippen LogP contribution in [0, 0.1) is 0 Å². The summed E-state index contributed by atoms with van der Waals surface area (Å²) in [4.78, 5) is 8.56. The van der Waals surface area contributed by atoms with Crippen molar-refractivity contribution in [2.45, 2.75) is 0 Å². The van der Waals surface area contributed by atoms with E-state index in [4.69, 9.17) is 15.0 Å². The van der Waals surface area contributed by atoms with Gasteiger partial charge < -0.3 is 10.2 Å². The summed E-state index contributed by atoms with van der Waals surface area (Å²) in [5, 5.41) is 13.9. The molecule has 0 unspecified atom stereocenters. The normalized spacial score (nSPS) is 4.00. The summed E-state index contributed by atoms with van der Waals surface area (Å²) in [5.41, 5.74) is 0. The summed E-state index contributed by atoms with van der Waals surface area (Å²) >= 11 is 0. The van der Waals surface area contributed by atoms with Gasteiger partial charge in [0.15, 0.2) is 0 Å². The fraction of sp³-hybridized carbons (Fsp3) is 0. The summed E-state index contributed by atoms with van der Waals surface area (Å²) in [6.45, 7) is 0. The van der Waals surface area contributed by atoms with Gasteiger partial charge in [-0.3, -0.25) is 0 Å². The third kappa shape index (κ3) is 41.8. The van der Waals surface area contributed by atoms with E-state index in [9.17, 15) is 0 Å². The fourth-order valence-corrected chi connectivity index (χ4v) is 0. The first-order valence-electron chi connectivity index (χ1n) is 0.651. The summed E-state index contributed by atoms with van der Waals surface area (Å²) in [6, 6.07) is 0. The van der Waals surface area contributed by atoms with Crippen LogP contribution in [0.4, 0.5) is 4.79 Å². The molecule has 0 spiro atoms. The second-order valence-corrected chi connectivity index (χ2v) is 0.283. The third-order valence-electron chi connectivity index (χ3n) is 0. The van der Waals surface area contributed by atoms with E-state index >= 15 is 0 Å². The second kappa shape index (κ2) is 9.91. The third-order valence-corrected chi connectivity index (χ3v) is 0. The SMILES string of the molecule is O=C(O)O.[Hf].[KH]. The van der Waals surface area contributed by atoms with Gasteiger partial charge in [-0.25, -0.2) is 4.79 Å². The van der Waals surface area contributed by atoms with Crippen molar-refractivity contribution in [3.05, 3.63) is 0 Å². The van der Waals surface area contributed by atoms with E-state index in [0.717, 1.165) is 0 Å². The minimum absolute atomic E-state index is 0. The maximum absolute atomic E-state index is 8.56. The molecule has 0 aliphatic rings. The van der Waals surface area contributed by atoms with Crippen LogP contribution in [0.15, 0.2) is 0 Å². The van der Waals surface area contributed by atoms with E-state index in [1.807, 2.05) is 0 Å². The van der Waals surface area contributed by atoms with Crippen LogP contribution in [-0.4, -0.2) is 67.8 Å². The van der Waals surface area contributed by atoms with Gasteiger partial charge in [0.25, 0.3) is 0 Å². The van der Waals surface area contributed by atoms with Crippen LogP contribution in [0.5, 0.6) is 0 Å². The molecule has 0 amide bonds. The Labute approximate surface area is 96.3 Å². The molecule has 0 aromatic carbocycles. The molecule has 0 bridgehead atoms. The van der Waals surface area contributed by atoms with Crippen molar-refractivity contribution in [1.82, 2.24) is 0 Å². The van der Waals surface area contributed by atoms with Crippen molar-refractivity contribution in [1.29, 1.82) is 0 Å². The van der Waals surface area contributed by atoms with Crippen molar-refractivity contribution in [2.75, 3.05) is 0 Å². The Bertz CT molecular complexity index is 33.8. The molecular formula is CH3HfKO3. The molecule has 0 rings (SSSR count). The average Bonchev–Trinajstić information content (AvgIpc) is 0.811. The molecule has 0 saturated heterocycles. The molecule has 0 atom stereocenters. The van der Waals surface area contributed by atoms with Crippen molar-refractivity contribution in [3.63, 3.8) is 0 Å². The van der Waals surface area contributed by atoms with E-state index in [1.54, 1.807) is 0 Å². The Morgan fingerprint density at radius 2 is 1.33 bits per heavy atom. The molecule has 6 heavy (non-hydrogen) atoms. The topological polar surface area (TPSA) is 57.5 Å². The van der Waals surface area contributed by atoms with Crippen LogP contribution in [-0.2, 0) is 25.8 Å². The molecule has 5 heteroatoms. The van der Waals surface area contributed by atoms with Crippen LogP contribution in [0.2, 0.25) is 0 Å². The molecule has 2 N–H and O–H groups in total. The molecule has 0 aliphatic carbocycles. The van der Waals surface area contributed by atoms with Gasteiger partial charge in [-0.2, -0.15) is 0 Å². The molecule has 0 aliphatic heterocycles. The standard InChI is InChI=1S/CH2O3.Hf.K.H/c2-1(3)4;;;/h(H2,2,3,4);;;. The van der Waals surface area contributed by atoms with E-state index in [-0.39, 0.29) is 77.2 Å². The average molecular weight is 281 g/mol. The summed E-state index contributed by atoms with van der Waals surface area (Å²) in [6.07, 6.45) is -1.83. The van der Waals surface area contributed by atoms with Crippen molar-refractivity contribution in [2.24, 2.45) is 0 Å². The van der Waals surface area contributed by atoms with Gasteiger partial charge in [-0.15, -0.1) is 0 Å². The number of hydrogen-bond acceptors (Lipinski definition) is 1. The zero-order chi connectivity index (χ0) is 3.58. The molecule has 3 nitrogen and oxygen atoms in total.